The van der Waals surface area contributed by atoms with Crippen molar-refractivity contribution in [2.45, 2.75) is 44.2 Å². The van der Waals surface area contributed by atoms with E-state index in [9.17, 15) is 9.59 Å². The standard InChI is InChI=1S/C16H21N7O2/c17-15-20-21-22-23(15)11-13(24)19-16(9-5-2-6-10-16)14(25)18-12-7-3-1-4-8-12/h1,3-4,7-8H,2,5-6,9-11H2,(H,18,25)(H,19,24)(H2,17,20,22). The second-order valence-electron chi connectivity index (χ2n) is 6.21. The van der Waals surface area contributed by atoms with Crippen LogP contribution in [-0.4, -0.2) is 37.6 Å². The first-order chi connectivity index (χ1) is 12.1. The summed E-state index contributed by atoms with van der Waals surface area (Å²) < 4.78 is 1.20. The summed E-state index contributed by atoms with van der Waals surface area (Å²) in [5, 5.41) is 16.4. The highest BCUT2D eigenvalue weighted by Gasteiger charge is 2.41. The Morgan fingerprint density at radius 1 is 1.16 bits per heavy atom. The smallest absolute Gasteiger partial charge is 0.250 e. The number of hydrogen-bond donors (Lipinski definition) is 3. The van der Waals surface area contributed by atoms with Crippen LogP contribution >= 0.6 is 0 Å². The van der Waals surface area contributed by atoms with Gasteiger partial charge in [-0.25, -0.2) is 4.68 Å². The number of nitrogens with one attached hydrogen (secondary N) is 2. The lowest BCUT2D eigenvalue weighted by molar-refractivity contribution is -0.132. The van der Waals surface area contributed by atoms with E-state index >= 15 is 0 Å². The molecule has 0 saturated heterocycles. The first-order valence-corrected chi connectivity index (χ1v) is 8.28. The molecule has 132 valence electrons. The zero-order valence-electron chi connectivity index (χ0n) is 13.8. The van der Waals surface area contributed by atoms with E-state index in [-0.39, 0.29) is 24.3 Å². The molecule has 1 fully saturated rings. The minimum Gasteiger partial charge on any atom is -0.367 e. The maximum Gasteiger partial charge on any atom is 0.250 e. The molecule has 1 aliphatic rings. The van der Waals surface area contributed by atoms with Crippen LogP contribution in [0.25, 0.3) is 0 Å². The number of nitrogens with zero attached hydrogens (tertiary/aromatic N) is 4. The van der Waals surface area contributed by atoms with Crippen LogP contribution in [0.1, 0.15) is 32.1 Å². The summed E-state index contributed by atoms with van der Waals surface area (Å²) in [6, 6.07) is 9.21. The van der Waals surface area contributed by atoms with Crippen LogP contribution in [0.5, 0.6) is 0 Å². The molecule has 1 aromatic heterocycles. The van der Waals surface area contributed by atoms with Crippen molar-refractivity contribution in [1.82, 2.24) is 25.5 Å². The molecule has 0 unspecified atom stereocenters. The van der Waals surface area contributed by atoms with Crippen molar-refractivity contribution in [2.24, 2.45) is 0 Å². The second kappa shape index (κ2) is 7.29. The van der Waals surface area contributed by atoms with Crippen LogP contribution in [0.3, 0.4) is 0 Å². The molecule has 9 nitrogen and oxygen atoms in total. The lowest BCUT2D eigenvalue weighted by Gasteiger charge is -2.36. The van der Waals surface area contributed by atoms with E-state index in [4.69, 9.17) is 5.73 Å². The number of carbonyl (C=O) groups is 2. The quantitative estimate of drug-likeness (QED) is 0.733. The maximum atomic E-state index is 12.9. The van der Waals surface area contributed by atoms with Crippen molar-refractivity contribution in [2.75, 3.05) is 11.1 Å². The van der Waals surface area contributed by atoms with E-state index in [1.54, 1.807) is 0 Å². The molecular formula is C16H21N7O2. The largest absolute Gasteiger partial charge is 0.367 e. The summed E-state index contributed by atoms with van der Waals surface area (Å²) >= 11 is 0. The Labute approximate surface area is 145 Å². The minimum absolute atomic E-state index is 0.0570. The maximum absolute atomic E-state index is 12.9. The van der Waals surface area contributed by atoms with Crippen LogP contribution in [0.15, 0.2) is 30.3 Å². The topological polar surface area (TPSA) is 128 Å². The van der Waals surface area contributed by atoms with E-state index in [2.05, 4.69) is 26.2 Å². The number of nitrogen functional groups attached to an aromatic ring is 1. The van der Waals surface area contributed by atoms with Gasteiger partial charge in [-0.3, -0.25) is 9.59 Å². The summed E-state index contributed by atoms with van der Waals surface area (Å²) in [7, 11) is 0. The second-order valence-corrected chi connectivity index (χ2v) is 6.21. The van der Waals surface area contributed by atoms with Gasteiger partial charge >= 0.3 is 0 Å². The van der Waals surface area contributed by atoms with Gasteiger partial charge in [0.15, 0.2) is 0 Å². The molecule has 1 aliphatic carbocycles. The molecule has 9 heteroatoms. The van der Waals surface area contributed by atoms with Crippen molar-refractivity contribution in [3.8, 4) is 0 Å². The number of aromatic nitrogens is 4. The molecule has 0 radical (unpaired) electrons. The Kier molecular flexibility index (Phi) is 4.92. The molecule has 1 saturated carbocycles. The van der Waals surface area contributed by atoms with Gasteiger partial charge in [0.1, 0.15) is 12.1 Å². The van der Waals surface area contributed by atoms with Gasteiger partial charge in [-0.2, -0.15) is 0 Å². The van der Waals surface area contributed by atoms with Gasteiger partial charge in [-0.05, 0) is 35.4 Å². The van der Waals surface area contributed by atoms with E-state index in [0.717, 1.165) is 19.3 Å². The molecular weight excluding hydrogens is 322 g/mol. The molecule has 2 amide bonds. The van der Waals surface area contributed by atoms with Crippen molar-refractivity contribution < 1.29 is 9.59 Å². The molecule has 1 heterocycles. The minimum atomic E-state index is -0.923. The number of carbonyl (C=O) groups excluding carboxylic acids is 2. The van der Waals surface area contributed by atoms with Gasteiger partial charge in [0.2, 0.25) is 17.8 Å². The molecule has 1 aromatic carbocycles. The lowest BCUT2D eigenvalue weighted by atomic mass is 9.80. The first-order valence-electron chi connectivity index (χ1n) is 8.28. The molecule has 0 aliphatic heterocycles. The van der Waals surface area contributed by atoms with Crippen LogP contribution in [-0.2, 0) is 16.1 Å². The number of rotatable bonds is 5. The third-order valence-corrected chi connectivity index (χ3v) is 4.41. The van der Waals surface area contributed by atoms with Crippen molar-refractivity contribution in [3.63, 3.8) is 0 Å². The number of nitrogens with two attached hydrogens (primary N) is 1. The zero-order valence-corrected chi connectivity index (χ0v) is 13.8. The van der Waals surface area contributed by atoms with E-state index < -0.39 is 5.54 Å². The fourth-order valence-corrected chi connectivity index (χ4v) is 3.10. The van der Waals surface area contributed by atoms with Gasteiger partial charge in [0.05, 0.1) is 0 Å². The highest BCUT2D eigenvalue weighted by molar-refractivity contribution is 6.00. The number of anilines is 2. The third-order valence-electron chi connectivity index (χ3n) is 4.41. The van der Waals surface area contributed by atoms with Gasteiger partial charge in [0, 0.05) is 5.69 Å². The Bertz CT molecular complexity index is 738. The number of amides is 2. The monoisotopic (exact) mass is 343 g/mol. The number of para-hydroxylation sites is 1. The van der Waals surface area contributed by atoms with Crippen molar-refractivity contribution in [1.29, 1.82) is 0 Å². The SMILES string of the molecule is Nc1nnnn1CC(=O)NC1(C(=O)Nc2ccccc2)CCCCC1. The molecule has 0 spiro atoms. The molecule has 4 N–H and O–H groups in total. The van der Waals surface area contributed by atoms with Crippen LogP contribution in [0, 0.1) is 0 Å². The van der Waals surface area contributed by atoms with Gasteiger partial charge < -0.3 is 16.4 Å². The van der Waals surface area contributed by atoms with Crippen molar-refractivity contribution in [3.05, 3.63) is 30.3 Å². The number of hydrogen-bond acceptors (Lipinski definition) is 6. The number of tetrazole rings is 1. The first kappa shape index (κ1) is 16.9. The zero-order chi connectivity index (χ0) is 17.7. The highest BCUT2D eigenvalue weighted by atomic mass is 16.2. The molecule has 2 aromatic rings. The molecule has 25 heavy (non-hydrogen) atoms. The third kappa shape index (κ3) is 3.93. The normalized spacial score (nSPS) is 16.2. The van der Waals surface area contributed by atoms with Gasteiger partial charge in [-0.1, -0.05) is 42.6 Å². The van der Waals surface area contributed by atoms with E-state index in [1.165, 1.54) is 4.68 Å². The Morgan fingerprint density at radius 2 is 1.88 bits per heavy atom. The summed E-state index contributed by atoms with van der Waals surface area (Å²) in [5.74, 6) is -0.484. The molecule has 0 atom stereocenters. The van der Waals surface area contributed by atoms with Crippen LogP contribution in [0.4, 0.5) is 11.6 Å². The van der Waals surface area contributed by atoms with Gasteiger partial charge in [0.25, 0.3) is 0 Å². The lowest BCUT2D eigenvalue weighted by Crippen LogP contribution is -2.58. The Hall–Kier alpha value is -2.97. The predicted molar refractivity (Wildman–Crippen MR) is 91.3 cm³/mol. The van der Waals surface area contributed by atoms with Crippen LogP contribution < -0.4 is 16.4 Å². The Balaban J connectivity index is 1.72. The number of benzene rings is 1. The molecule has 3 rings (SSSR count). The fourth-order valence-electron chi connectivity index (χ4n) is 3.10. The van der Waals surface area contributed by atoms with E-state index in [0.29, 0.717) is 18.5 Å². The Morgan fingerprint density at radius 3 is 2.52 bits per heavy atom. The average Bonchev–Trinajstić information content (AvgIpc) is 3.01. The molecule has 0 bridgehead atoms. The van der Waals surface area contributed by atoms with Crippen molar-refractivity contribution >= 4 is 23.5 Å². The average molecular weight is 343 g/mol. The highest BCUT2D eigenvalue weighted by Crippen LogP contribution is 2.29. The predicted octanol–water partition coefficient (Wildman–Crippen LogP) is 0.713. The van der Waals surface area contributed by atoms with Crippen LogP contribution in [0.2, 0.25) is 0 Å². The summed E-state index contributed by atoms with van der Waals surface area (Å²) in [5.41, 5.74) is 5.37. The summed E-state index contributed by atoms with van der Waals surface area (Å²) in [4.78, 5) is 25.3. The summed E-state index contributed by atoms with van der Waals surface area (Å²) in [6.45, 7) is -0.126. The fraction of sp³-hybridized carbons (Fsp3) is 0.438. The van der Waals surface area contributed by atoms with E-state index in [1.807, 2.05) is 30.3 Å². The van der Waals surface area contributed by atoms with Gasteiger partial charge in [-0.15, -0.1) is 0 Å². The summed E-state index contributed by atoms with van der Waals surface area (Å²) in [6.07, 6.45) is 4.02.